The molecule has 0 spiro atoms. The summed E-state index contributed by atoms with van der Waals surface area (Å²) in [5.41, 5.74) is 0.946. The molecule has 0 unspecified atom stereocenters. The maximum absolute atomic E-state index is 13.1. The van der Waals surface area contributed by atoms with E-state index >= 15 is 0 Å². The molecule has 4 aromatic rings. The van der Waals surface area contributed by atoms with E-state index in [2.05, 4.69) is 4.98 Å². The number of benzene rings is 3. The van der Waals surface area contributed by atoms with Gasteiger partial charge in [-0.3, -0.25) is 4.31 Å². The van der Waals surface area contributed by atoms with E-state index in [0.29, 0.717) is 22.9 Å². The van der Waals surface area contributed by atoms with E-state index in [0.717, 1.165) is 10.8 Å². The Kier molecular flexibility index (Phi) is 5.09. The molecule has 0 aliphatic rings. The first-order valence-electron chi connectivity index (χ1n) is 9.09. The first kappa shape index (κ1) is 19.4. The van der Waals surface area contributed by atoms with Crippen molar-refractivity contribution in [2.45, 2.75) is 4.90 Å². The average molecular weight is 415 g/mol. The number of nitrogens with zero attached hydrogens (tertiary/aromatic N) is 3. The molecule has 0 fully saturated rings. The lowest BCUT2D eigenvalue weighted by atomic mass is 10.1. The monoisotopic (exact) mass is 415 g/mol. The topological polar surface area (TPSA) is 83.3 Å². The molecule has 3 aromatic carbocycles. The Morgan fingerprint density at radius 3 is 2.33 bits per heavy atom. The molecule has 1 aromatic heterocycles. The third-order valence-corrected chi connectivity index (χ3v) is 6.45. The molecule has 6 nitrogen and oxygen atoms in total. The second kappa shape index (κ2) is 7.85. The quantitative estimate of drug-likeness (QED) is 0.471. The van der Waals surface area contributed by atoms with Crippen molar-refractivity contribution in [1.29, 1.82) is 5.26 Å². The summed E-state index contributed by atoms with van der Waals surface area (Å²) in [5, 5.41) is 10.7. The van der Waals surface area contributed by atoms with Gasteiger partial charge in [-0.25, -0.2) is 13.4 Å². The van der Waals surface area contributed by atoms with Gasteiger partial charge in [0, 0.05) is 19.3 Å². The normalized spacial score (nSPS) is 11.1. The molecule has 4 rings (SSSR count). The number of aromatic nitrogens is 1. The largest absolute Gasteiger partial charge is 0.439 e. The SMILES string of the molecule is CN(c1ccc(Oc2ccc(C#N)cn2)cc1)S(=O)(=O)c1ccc2ccccc2c1. The second-order valence-corrected chi connectivity index (χ2v) is 8.54. The van der Waals surface area contributed by atoms with E-state index < -0.39 is 10.0 Å². The van der Waals surface area contributed by atoms with Gasteiger partial charge in [0.15, 0.2) is 0 Å². The number of pyridine rings is 1. The fourth-order valence-electron chi connectivity index (χ4n) is 2.98. The summed E-state index contributed by atoms with van der Waals surface area (Å²) >= 11 is 0. The smallest absolute Gasteiger partial charge is 0.264 e. The second-order valence-electron chi connectivity index (χ2n) is 6.57. The third-order valence-electron chi connectivity index (χ3n) is 4.67. The van der Waals surface area contributed by atoms with Crippen LogP contribution in [0.5, 0.6) is 11.6 Å². The number of ether oxygens (including phenoxy) is 1. The highest BCUT2D eigenvalue weighted by Crippen LogP contribution is 2.27. The predicted octanol–water partition coefficient (Wildman–Crippen LogP) is 4.72. The minimum absolute atomic E-state index is 0.228. The fraction of sp³-hybridized carbons (Fsp3) is 0.0435. The zero-order valence-electron chi connectivity index (χ0n) is 16.1. The van der Waals surface area contributed by atoms with E-state index in [1.54, 1.807) is 54.6 Å². The summed E-state index contributed by atoms with van der Waals surface area (Å²) in [4.78, 5) is 4.28. The molecule has 0 aliphatic carbocycles. The van der Waals surface area contributed by atoms with Gasteiger partial charge >= 0.3 is 0 Å². The minimum atomic E-state index is -3.71. The van der Waals surface area contributed by atoms with E-state index in [9.17, 15) is 8.42 Å². The molecule has 0 saturated carbocycles. The van der Waals surface area contributed by atoms with Crippen molar-refractivity contribution in [3.05, 3.63) is 90.6 Å². The van der Waals surface area contributed by atoms with Gasteiger partial charge in [-0.05, 0) is 53.2 Å². The number of anilines is 1. The summed E-state index contributed by atoms with van der Waals surface area (Å²) in [6.45, 7) is 0. The highest BCUT2D eigenvalue weighted by Gasteiger charge is 2.21. The molecule has 0 amide bonds. The molecule has 0 N–H and O–H groups in total. The highest BCUT2D eigenvalue weighted by molar-refractivity contribution is 7.92. The van der Waals surface area contributed by atoms with Crippen LogP contribution in [-0.4, -0.2) is 20.4 Å². The van der Waals surface area contributed by atoms with Crippen LogP contribution in [-0.2, 0) is 10.0 Å². The van der Waals surface area contributed by atoms with Crippen molar-refractivity contribution >= 4 is 26.5 Å². The number of sulfonamides is 1. The molecular weight excluding hydrogens is 398 g/mol. The van der Waals surface area contributed by atoms with Crippen molar-refractivity contribution in [1.82, 2.24) is 4.98 Å². The first-order chi connectivity index (χ1) is 14.5. The van der Waals surface area contributed by atoms with Gasteiger partial charge in [0.1, 0.15) is 11.8 Å². The van der Waals surface area contributed by atoms with Crippen LogP contribution in [0, 0.1) is 11.3 Å². The lowest BCUT2D eigenvalue weighted by Gasteiger charge is -2.20. The predicted molar refractivity (Wildman–Crippen MR) is 115 cm³/mol. The summed E-state index contributed by atoms with van der Waals surface area (Å²) < 4.78 is 33.0. The van der Waals surface area contributed by atoms with Crippen molar-refractivity contribution in [3.63, 3.8) is 0 Å². The van der Waals surface area contributed by atoms with Gasteiger partial charge in [-0.1, -0.05) is 30.3 Å². The Balaban J connectivity index is 1.55. The highest BCUT2D eigenvalue weighted by atomic mass is 32.2. The summed E-state index contributed by atoms with van der Waals surface area (Å²) in [5.74, 6) is 0.853. The van der Waals surface area contributed by atoms with Crippen molar-refractivity contribution in [3.8, 4) is 17.7 Å². The van der Waals surface area contributed by atoms with Crippen LogP contribution in [0.2, 0.25) is 0 Å². The number of hydrogen-bond acceptors (Lipinski definition) is 5. The van der Waals surface area contributed by atoms with E-state index in [-0.39, 0.29) is 4.90 Å². The lowest BCUT2D eigenvalue weighted by molar-refractivity contribution is 0.463. The van der Waals surface area contributed by atoms with Crippen molar-refractivity contribution in [2.75, 3.05) is 11.4 Å². The zero-order chi connectivity index (χ0) is 21.1. The van der Waals surface area contributed by atoms with Gasteiger partial charge in [0.25, 0.3) is 10.0 Å². The fourth-order valence-corrected chi connectivity index (χ4v) is 4.21. The zero-order valence-corrected chi connectivity index (χ0v) is 16.9. The number of nitriles is 1. The van der Waals surface area contributed by atoms with Crippen LogP contribution < -0.4 is 9.04 Å². The van der Waals surface area contributed by atoms with Crippen LogP contribution in [0.1, 0.15) is 5.56 Å². The lowest BCUT2D eigenvalue weighted by Crippen LogP contribution is -2.26. The first-order valence-corrected chi connectivity index (χ1v) is 10.5. The maximum atomic E-state index is 13.1. The van der Waals surface area contributed by atoms with Crippen LogP contribution in [0.4, 0.5) is 5.69 Å². The Bertz CT molecular complexity index is 1340. The third kappa shape index (κ3) is 3.81. The van der Waals surface area contributed by atoms with Crippen LogP contribution in [0.3, 0.4) is 0 Å². The number of fused-ring (bicyclic) bond motifs is 1. The Morgan fingerprint density at radius 2 is 1.67 bits per heavy atom. The summed E-state index contributed by atoms with van der Waals surface area (Å²) in [7, 11) is -2.20. The molecule has 0 radical (unpaired) electrons. The maximum Gasteiger partial charge on any atom is 0.264 e. The van der Waals surface area contributed by atoms with Gasteiger partial charge in [0.2, 0.25) is 5.88 Å². The van der Waals surface area contributed by atoms with E-state index in [4.69, 9.17) is 10.00 Å². The molecule has 1 heterocycles. The molecule has 7 heteroatoms. The van der Waals surface area contributed by atoms with Crippen LogP contribution in [0.25, 0.3) is 10.8 Å². The van der Waals surface area contributed by atoms with E-state index in [1.807, 2.05) is 30.3 Å². The van der Waals surface area contributed by atoms with Gasteiger partial charge < -0.3 is 4.74 Å². The number of rotatable bonds is 5. The Hall–Kier alpha value is -3.89. The number of hydrogen-bond donors (Lipinski definition) is 0. The van der Waals surface area contributed by atoms with Gasteiger partial charge in [-0.15, -0.1) is 0 Å². The van der Waals surface area contributed by atoms with Crippen LogP contribution in [0.15, 0.2) is 90.0 Å². The Morgan fingerprint density at radius 1 is 0.933 bits per heavy atom. The molecule has 148 valence electrons. The van der Waals surface area contributed by atoms with Gasteiger partial charge in [0.05, 0.1) is 16.1 Å². The van der Waals surface area contributed by atoms with Crippen molar-refractivity contribution in [2.24, 2.45) is 0 Å². The molecule has 0 saturated heterocycles. The molecular formula is C23H17N3O3S. The van der Waals surface area contributed by atoms with E-state index in [1.165, 1.54) is 17.5 Å². The molecule has 0 atom stereocenters. The average Bonchev–Trinajstić information content (AvgIpc) is 2.79. The Labute approximate surface area is 174 Å². The molecule has 0 bridgehead atoms. The van der Waals surface area contributed by atoms with Crippen LogP contribution >= 0.6 is 0 Å². The standard InChI is InChI=1S/C23H17N3O3S/c1-26(30(27,28)22-12-7-18-4-2-3-5-19(18)14-22)20-8-10-21(11-9-20)29-23-13-6-17(15-24)16-25-23/h2-14,16H,1H3. The molecule has 30 heavy (non-hydrogen) atoms. The summed E-state index contributed by atoms with van der Waals surface area (Å²) in [6, 6.07) is 24.6. The van der Waals surface area contributed by atoms with Gasteiger partial charge in [-0.2, -0.15) is 5.26 Å². The summed E-state index contributed by atoms with van der Waals surface area (Å²) in [6.07, 6.45) is 1.42. The molecule has 0 aliphatic heterocycles. The van der Waals surface area contributed by atoms with Crippen molar-refractivity contribution < 1.29 is 13.2 Å². The minimum Gasteiger partial charge on any atom is -0.439 e.